The highest BCUT2D eigenvalue weighted by atomic mass is 16.5. The van der Waals surface area contributed by atoms with Crippen molar-refractivity contribution < 1.29 is 14.6 Å². The maximum Gasteiger partial charge on any atom is 0.151 e. The molecule has 1 unspecified atom stereocenters. The molecule has 3 nitrogen and oxygen atoms in total. The second kappa shape index (κ2) is 2.45. The Hall–Kier alpha value is -0.410. The van der Waals surface area contributed by atoms with Gasteiger partial charge in [0.15, 0.2) is 6.29 Å². The topological polar surface area (TPSA) is 46.5 Å². The first-order valence-corrected chi connectivity index (χ1v) is 3.03. The molecule has 1 saturated heterocycles. The first kappa shape index (κ1) is 6.71. The van der Waals surface area contributed by atoms with Gasteiger partial charge in [0.2, 0.25) is 0 Å². The Morgan fingerprint density at radius 2 is 2.44 bits per heavy atom. The number of aliphatic hydroxyl groups is 1. The van der Waals surface area contributed by atoms with Gasteiger partial charge in [0.25, 0.3) is 0 Å². The van der Waals surface area contributed by atoms with E-state index >= 15 is 0 Å². The zero-order chi connectivity index (χ0) is 6.85. The van der Waals surface area contributed by atoms with Gasteiger partial charge in [0.1, 0.15) is 6.10 Å². The second-order valence-electron chi connectivity index (χ2n) is 2.35. The van der Waals surface area contributed by atoms with Crippen LogP contribution >= 0.6 is 0 Å². The van der Waals surface area contributed by atoms with E-state index in [9.17, 15) is 4.79 Å². The van der Waals surface area contributed by atoms with Crippen molar-refractivity contribution in [1.82, 2.24) is 0 Å². The van der Waals surface area contributed by atoms with E-state index in [1.165, 1.54) is 0 Å². The third kappa shape index (κ3) is 1.28. The molecule has 1 N–H and O–H groups in total. The van der Waals surface area contributed by atoms with Crippen LogP contribution in [0.25, 0.3) is 0 Å². The lowest BCUT2D eigenvalue weighted by Crippen LogP contribution is -2.21. The van der Waals surface area contributed by atoms with E-state index in [-0.39, 0.29) is 6.10 Å². The molecule has 9 heavy (non-hydrogen) atoms. The van der Waals surface area contributed by atoms with E-state index in [0.29, 0.717) is 12.7 Å². The molecule has 3 atom stereocenters. The van der Waals surface area contributed by atoms with Gasteiger partial charge < -0.3 is 14.6 Å². The van der Waals surface area contributed by atoms with Gasteiger partial charge in [-0.2, -0.15) is 0 Å². The van der Waals surface area contributed by atoms with Crippen molar-refractivity contribution in [2.75, 3.05) is 0 Å². The summed E-state index contributed by atoms with van der Waals surface area (Å²) in [5.74, 6) is 0. The van der Waals surface area contributed by atoms with Crippen LogP contribution in [0.2, 0.25) is 0 Å². The predicted molar refractivity (Wildman–Crippen MR) is 31.0 cm³/mol. The lowest BCUT2D eigenvalue weighted by atomic mass is 10.2. The fourth-order valence-corrected chi connectivity index (χ4v) is 1.01. The van der Waals surface area contributed by atoms with Gasteiger partial charge in [-0.1, -0.05) is 0 Å². The fraction of sp³-hybridized carbons (Fsp3) is 0.833. The normalized spacial score (nSPS) is 43.1. The summed E-state index contributed by atoms with van der Waals surface area (Å²) < 4.78 is 5.00. The van der Waals surface area contributed by atoms with E-state index in [0.717, 1.165) is 0 Å². The maximum absolute atomic E-state index is 10.1. The Morgan fingerprint density at radius 3 is 2.67 bits per heavy atom. The van der Waals surface area contributed by atoms with Gasteiger partial charge in [-0.3, -0.25) is 0 Å². The number of carbonyl (C=O) groups is 1. The van der Waals surface area contributed by atoms with E-state index in [1.807, 2.05) is 6.92 Å². The molecule has 0 saturated carbocycles. The molecule has 1 rings (SSSR count). The van der Waals surface area contributed by atoms with E-state index in [4.69, 9.17) is 9.84 Å². The largest absolute Gasteiger partial charge is 0.390 e. The van der Waals surface area contributed by atoms with Crippen molar-refractivity contribution in [3.8, 4) is 0 Å². The van der Waals surface area contributed by atoms with Crippen LogP contribution in [0.5, 0.6) is 0 Å². The van der Waals surface area contributed by atoms with Crippen LogP contribution in [0.4, 0.5) is 0 Å². The summed E-state index contributed by atoms with van der Waals surface area (Å²) in [5, 5.41) is 9.00. The molecule has 1 heterocycles. The van der Waals surface area contributed by atoms with Crippen LogP contribution < -0.4 is 0 Å². The highest BCUT2D eigenvalue weighted by Gasteiger charge is 2.30. The smallest absolute Gasteiger partial charge is 0.151 e. The van der Waals surface area contributed by atoms with Crippen molar-refractivity contribution in [3.05, 3.63) is 0 Å². The zero-order valence-electron chi connectivity index (χ0n) is 5.28. The van der Waals surface area contributed by atoms with Crippen LogP contribution in [-0.2, 0) is 9.53 Å². The molecule has 0 radical (unpaired) electrons. The van der Waals surface area contributed by atoms with Gasteiger partial charge in [0.05, 0.1) is 12.2 Å². The summed E-state index contributed by atoms with van der Waals surface area (Å²) in [4.78, 5) is 10.1. The number of hydrogen-bond acceptors (Lipinski definition) is 3. The Labute approximate surface area is 53.6 Å². The number of aldehydes is 1. The molecule has 0 bridgehead atoms. The number of aliphatic hydroxyl groups excluding tert-OH is 1. The highest BCUT2D eigenvalue weighted by Crippen LogP contribution is 2.17. The number of rotatable bonds is 1. The van der Waals surface area contributed by atoms with Gasteiger partial charge in [-0.25, -0.2) is 0 Å². The lowest BCUT2D eigenvalue weighted by molar-refractivity contribution is -0.120. The lowest BCUT2D eigenvalue weighted by Gasteiger charge is -2.03. The third-order valence-electron chi connectivity index (χ3n) is 1.48. The van der Waals surface area contributed by atoms with Crippen molar-refractivity contribution in [2.45, 2.75) is 31.7 Å². The molecule has 3 heteroatoms. The van der Waals surface area contributed by atoms with Gasteiger partial charge in [-0.15, -0.1) is 0 Å². The molecule has 1 aliphatic heterocycles. The molecule has 0 aromatic carbocycles. The van der Waals surface area contributed by atoms with Crippen LogP contribution in [0.3, 0.4) is 0 Å². The molecule has 0 spiro atoms. The summed E-state index contributed by atoms with van der Waals surface area (Å²) >= 11 is 0. The summed E-state index contributed by atoms with van der Waals surface area (Å²) in [6.07, 6.45) is 0.0742. The number of ether oxygens (including phenoxy) is 1. The molecule has 0 amide bonds. The van der Waals surface area contributed by atoms with Gasteiger partial charge in [0, 0.05) is 6.42 Å². The van der Waals surface area contributed by atoms with Crippen molar-refractivity contribution in [2.24, 2.45) is 0 Å². The van der Waals surface area contributed by atoms with Gasteiger partial charge in [-0.05, 0) is 6.92 Å². The number of hydrogen-bond donors (Lipinski definition) is 1. The second-order valence-corrected chi connectivity index (χ2v) is 2.35. The van der Waals surface area contributed by atoms with E-state index in [1.54, 1.807) is 0 Å². The van der Waals surface area contributed by atoms with E-state index in [2.05, 4.69) is 0 Å². The minimum atomic E-state index is -0.586. The van der Waals surface area contributed by atoms with Gasteiger partial charge >= 0.3 is 0 Å². The molecule has 0 aromatic rings. The van der Waals surface area contributed by atoms with Crippen molar-refractivity contribution in [1.29, 1.82) is 0 Å². The molecular weight excluding hydrogens is 120 g/mol. The maximum atomic E-state index is 10.1. The average Bonchev–Trinajstić information content (AvgIpc) is 2.10. The molecule has 52 valence electrons. The van der Waals surface area contributed by atoms with E-state index < -0.39 is 12.2 Å². The minimum absolute atomic E-state index is 0.0233. The summed E-state index contributed by atoms with van der Waals surface area (Å²) in [6, 6.07) is 0. The Kier molecular flexibility index (Phi) is 1.83. The summed E-state index contributed by atoms with van der Waals surface area (Å²) in [6.45, 7) is 1.84. The summed E-state index contributed by atoms with van der Waals surface area (Å²) in [5.41, 5.74) is 0. The predicted octanol–water partition coefficient (Wildman–Crippen LogP) is -0.276. The SMILES string of the molecule is C[C@H]1C[C@@H](O)C(C=O)O1. The van der Waals surface area contributed by atoms with Crippen molar-refractivity contribution in [3.63, 3.8) is 0 Å². The van der Waals surface area contributed by atoms with Crippen LogP contribution in [0.1, 0.15) is 13.3 Å². The first-order valence-electron chi connectivity index (χ1n) is 3.03. The molecule has 1 aliphatic rings. The number of carbonyl (C=O) groups excluding carboxylic acids is 1. The molecule has 0 aromatic heterocycles. The highest BCUT2D eigenvalue weighted by molar-refractivity contribution is 5.57. The quantitative estimate of drug-likeness (QED) is 0.497. The standard InChI is InChI=1S/C6H10O3/c1-4-2-5(8)6(3-7)9-4/h3-6,8H,2H2,1H3/t4-,5+,6?/m0/s1. The third-order valence-corrected chi connectivity index (χ3v) is 1.48. The zero-order valence-corrected chi connectivity index (χ0v) is 5.28. The molecule has 1 fully saturated rings. The molecule has 0 aliphatic carbocycles. The first-order chi connectivity index (χ1) is 4.24. The minimum Gasteiger partial charge on any atom is -0.390 e. The average molecular weight is 130 g/mol. The fourth-order valence-electron chi connectivity index (χ4n) is 1.01. The van der Waals surface area contributed by atoms with Crippen LogP contribution in [0.15, 0.2) is 0 Å². The Balaban J connectivity index is 2.47. The van der Waals surface area contributed by atoms with Crippen LogP contribution in [-0.4, -0.2) is 29.7 Å². The van der Waals surface area contributed by atoms with Crippen molar-refractivity contribution >= 4 is 6.29 Å². The molecular formula is C6H10O3. The Bertz CT molecular complexity index is 113. The Morgan fingerprint density at radius 1 is 1.78 bits per heavy atom. The monoisotopic (exact) mass is 130 g/mol. The summed E-state index contributed by atoms with van der Waals surface area (Å²) in [7, 11) is 0. The van der Waals surface area contributed by atoms with Crippen LogP contribution in [0, 0.1) is 0 Å².